The summed E-state index contributed by atoms with van der Waals surface area (Å²) in [7, 11) is 0. The SMILES string of the molecule is CCC(CC)NC(=S)Nc1ccc2c(c1)OCO2. The van der Waals surface area contributed by atoms with Gasteiger partial charge in [0.05, 0.1) is 0 Å². The lowest BCUT2D eigenvalue weighted by Gasteiger charge is -2.17. The maximum Gasteiger partial charge on any atom is 0.231 e. The van der Waals surface area contributed by atoms with E-state index in [0.29, 0.717) is 11.2 Å². The first-order chi connectivity index (χ1) is 8.72. The van der Waals surface area contributed by atoms with E-state index >= 15 is 0 Å². The van der Waals surface area contributed by atoms with E-state index in [2.05, 4.69) is 24.5 Å². The lowest BCUT2D eigenvalue weighted by Crippen LogP contribution is -2.36. The minimum absolute atomic E-state index is 0.287. The molecule has 1 aliphatic heterocycles. The van der Waals surface area contributed by atoms with Gasteiger partial charge in [-0.15, -0.1) is 0 Å². The number of thiocarbonyl (C=S) groups is 1. The Morgan fingerprint density at radius 2 is 2.00 bits per heavy atom. The molecule has 98 valence electrons. The van der Waals surface area contributed by atoms with Gasteiger partial charge < -0.3 is 20.1 Å². The Hall–Kier alpha value is -1.49. The summed E-state index contributed by atoms with van der Waals surface area (Å²) in [5.41, 5.74) is 0.905. The average Bonchev–Trinajstić information content (AvgIpc) is 2.83. The van der Waals surface area contributed by atoms with Gasteiger partial charge >= 0.3 is 0 Å². The maximum absolute atomic E-state index is 5.32. The molecule has 1 aromatic rings. The van der Waals surface area contributed by atoms with Gasteiger partial charge in [-0.3, -0.25) is 0 Å². The molecule has 0 amide bonds. The third-order valence-corrected chi connectivity index (χ3v) is 3.17. The lowest BCUT2D eigenvalue weighted by atomic mass is 10.2. The number of fused-ring (bicyclic) bond motifs is 1. The molecule has 5 heteroatoms. The van der Waals surface area contributed by atoms with Crippen LogP contribution in [0.3, 0.4) is 0 Å². The van der Waals surface area contributed by atoms with Crippen LogP contribution in [0, 0.1) is 0 Å². The zero-order valence-corrected chi connectivity index (χ0v) is 11.5. The smallest absolute Gasteiger partial charge is 0.231 e. The largest absolute Gasteiger partial charge is 0.454 e. The highest BCUT2D eigenvalue weighted by Crippen LogP contribution is 2.34. The predicted molar refractivity (Wildman–Crippen MR) is 76.3 cm³/mol. The quantitative estimate of drug-likeness (QED) is 0.820. The Morgan fingerprint density at radius 1 is 1.28 bits per heavy atom. The molecule has 1 heterocycles. The van der Waals surface area contributed by atoms with Crippen LogP contribution in [0.1, 0.15) is 26.7 Å². The summed E-state index contributed by atoms with van der Waals surface area (Å²) in [5.74, 6) is 1.53. The number of ether oxygens (including phenoxy) is 2. The van der Waals surface area contributed by atoms with Crippen LogP contribution >= 0.6 is 12.2 Å². The molecular formula is C13H18N2O2S. The standard InChI is InChI=1S/C13H18N2O2S/c1-3-9(4-2)14-13(18)15-10-5-6-11-12(7-10)17-8-16-11/h5-7,9H,3-4,8H2,1-2H3,(H2,14,15,18). The van der Waals surface area contributed by atoms with Crippen LogP contribution in [-0.4, -0.2) is 17.9 Å². The van der Waals surface area contributed by atoms with Crippen LogP contribution in [0.2, 0.25) is 0 Å². The molecule has 0 unspecified atom stereocenters. The van der Waals surface area contributed by atoms with E-state index < -0.39 is 0 Å². The zero-order valence-electron chi connectivity index (χ0n) is 10.7. The Bertz CT molecular complexity index is 433. The fourth-order valence-corrected chi connectivity index (χ4v) is 2.10. The van der Waals surface area contributed by atoms with Gasteiger partial charge in [-0.2, -0.15) is 0 Å². The second-order valence-corrected chi connectivity index (χ2v) is 4.59. The Balaban J connectivity index is 1.95. The molecule has 0 spiro atoms. The second kappa shape index (κ2) is 5.91. The second-order valence-electron chi connectivity index (χ2n) is 4.18. The van der Waals surface area contributed by atoms with E-state index in [1.807, 2.05) is 18.2 Å². The molecule has 0 aromatic heterocycles. The fourth-order valence-electron chi connectivity index (χ4n) is 1.82. The maximum atomic E-state index is 5.32. The first-order valence-corrected chi connectivity index (χ1v) is 6.61. The summed E-state index contributed by atoms with van der Waals surface area (Å²) >= 11 is 5.28. The number of nitrogens with one attached hydrogen (secondary N) is 2. The number of benzene rings is 1. The Kier molecular flexibility index (Phi) is 4.25. The van der Waals surface area contributed by atoms with Crippen molar-refractivity contribution in [2.75, 3.05) is 12.1 Å². The van der Waals surface area contributed by atoms with Crippen molar-refractivity contribution in [3.05, 3.63) is 18.2 Å². The van der Waals surface area contributed by atoms with Crippen molar-refractivity contribution in [3.63, 3.8) is 0 Å². The zero-order chi connectivity index (χ0) is 13.0. The van der Waals surface area contributed by atoms with Crippen LogP contribution in [0.15, 0.2) is 18.2 Å². The molecule has 2 N–H and O–H groups in total. The van der Waals surface area contributed by atoms with Gasteiger partial charge in [0.1, 0.15) is 0 Å². The van der Waals surface area contributed by atoms with Crippen molar-refractivity contribution in [1.29, 1.82) is 0 Å². The number of hydrogen-bond acceptors (Lipinski definition) is 3. The first kappa shape index (κ1) is 13.0. The van der Waals surface area contributed by atoms with Crippen molar-refractivity contribution in [1.82, 2.24) is 5.32 Å². The topological polar surface area (TPSA) is 42.5 Å². The number of hydrogen-bond donors (Lipinski definition) is 2. The van der Waals surface area contributed by atoms with E-state index in [-0.39, 0.29) is 6.79 Å². The molecule has 0 fully saturated rings. The number of rotatable bonds is 4. The monoisotopic (exact) mass is 266 g/mol. The van der Waals surface area contributed by atoms with Gasteiger partial charge in [0, 0.05) is 17.8 Å². The molecule has 4 nitrogen and oxygen atoms in total. The van der Waals surface area contributed by atoms with E-state index in [4.69, 9.17) is 21.7 Å². The fraction of sp³-hybridized carbons (Fsp3) is 0.462. The molecule has 0 bridgehead atoms. The van der Waals surface area contributed by atoms with Gasteiger partial charge in [0.15, 0.2) is 16.6 Å². The predicted octanol–water partition coefficient (Wildman–Crippen LogP) is 2.89. The van der Waals surface area contributed by atoms with Gasteiger partial charge in [-0.1, -0.05) is 13.8 Å². The van der Waals surface area contributed by atoms with Crippen molar-refractivity contribution in [2.24, 2.45) is 0 Å². The number of anilines is 1. The normalized spacial score (nSPS) is 12.6. The van der Waals surface area contributed by atoms with Gasteiger partial charge in [-0.05, 0) is 37.2 Å². The van der Waals surface area contributed by atoms with Crippen LogP contribution in [-0.2, 0) is 0 Å². The molecule has 18 heavy (non-hydrogen) atoms. The molecule has 1 aromatic carbocycles. The van der Waals surface area contributed by atoms with E-state index in [1.54, 1.807) is 0 Å². The van der Waals surface area contributed by atoms with Gasteiger partial charge in [0.25, 0.3) is 0 Å². The van der Waals surface area contributed by atoms with Crippen LogP contribution in [0.4, 0.5) is 5.69 Å². The third-order valence-electron chi connectivity index (χ3n) is 2.95. The van der Waals surface area contributed by atoms with Crippen LogP contribution < -0.4 is 20.1 Å². The molecule has 0 radical (unpaired) electrons. The molecule has 0 atom stereocenters. The van der Waals surface area contributed by atoms with Crippen molar-refractivity contribution < 1.29 is 9.47 Å². The Morgan fingerprint density at radius 3 is 2.72 bits per heavy atom. The molecular weight excluding hydrogens is 248 g/mol. The average molecular weight is 266 g/mol. The van der Waals surface area contributed by atoms with Gasteiger partial charge in [0.2, 0.25) is 6.79 Å². The lowest BCUT2D eigenvalue weighted by molar-refractivity contribution is 0.174. The van der Waals surface area contributed by atoms with E-state index in [0.717, 1.165) is 30.0 Å². The van der Waals surface area contributed by atoms with Crippen LogP contribution in [0.25, 0.3) is 0 Å². The van der Waals surface area contributed by atoms with Crippen molar-refractivity contribution in [2.45, 2.75) is 32.7 Å². The molecule has 0 saturated carbocycles. The van der Waals surface area contributed by atoms with Gasteiger partial charge in [-0.25, -0.2) is 0 Å². The third kappa shape index (κ3) is 3.04. The summed E-state index contributed by atoms with van der Waals surface area (Å²) < 4.78 is 10.6. The molecule has 2 rings (SSSR count). The summed E-state index contributed by atoms with van der Waals surface area (Å²) in [6.07, 6.45) is 2.11. The minimum atomic E-state index is 0.287. The summed E-state index contributed by atoms with van der Waals surface area (Å²) in [6, 6.07) is 6.11. The first-order valence-electron chi connectivity index (χ1n) is 6.20. The Labute approximate surface area is 113 Å². The van der Waals surface area contributed by atoms with Crippen molar-refractivity contribution in [3.8, 4) is 11.5 Å². The van der Waals surface area contributed by atoms with E-state index in [1.165, 1.54) is 0 Å². The highest BCUT2D eigenvalue weighted by Gasteiger charge is 2.13. The molecule has 0 aliphatic carbocycles. The summed E-state index contributed by atoms with van der Waals surface area (Å²) in [5, 5.41) is 7.08. The minimum Gasteiger partial charge on any atom is -0.454 e. The van der Waals surface area contributed by atoms with Crippen LogP contribution in [0.5, 0.6) is 11.5 Å². The summed E-state index contributed by atoms with van der Waals surface area (Å²) in [4.78, 5) is 0. The molecule has 1 aliphatic rings. The molecule has 0 saturated heterocycles. The van der Waals surface area contributed by atoms with E-state index in [9.17, 15) is 0 Å². The summed E-state index contributed by atoms with van der Waals surface area (Å²) in [6.45, 7) is 4.57. The van der Waals surface area contributed by atoms with Crippen molar-refractivity contribution >= 4 is 23.0 Å². The highest BCUT2D eigenvalue weighted by molar-refractivity contribution is 7.80. The highest BCUT2D eigenvalue weighted by atomic mass is 32.1.